The van der Waals surface area contributed by atoms with Crippen molar-refractivity contribution in [3.05, 3.63) is 0 Å². The molecule has 0 heterocycles. The fourth-order valence-corrected chi connectivity index (χ4v) is 0.836. The Balaban J connectivity index is 0. The molecule has 1 nitrogen and oxygen atoms in total. The van der Waals surface area contributed by atoms with Crippen molar-refractivity contribution < 1.29 is 9.19 Å². The van der Waals surface area contributed by atoms with E-state index in [4.69, 9.17) is 0 Å². The number of rotatable bonds is 4. The van der Waals surface area contributed by atoms with Crippen LogP contribution in [-0.2, 0) is 0 Å². The highest BCUT2D eigenvalue weighted by Gasteiger charge is 2.03. The molecule has 2 heteroatoms. The first kappa shape index (κ1) is 12.6. The molecule has 0 aliphatic carbocycles. The fraction of sp³-hybridized carbons (Fsp3) is 1.00. The van der Waals surface area contributed by atoms with E-state index in [0.717, 1.165) is 4.48 Å². The lowest BCUT2D eigenvalue weighted by Gasteiger charge is -2.23. The largest absolute Gasteiger partial charge is 1.00 e. The highest BCUT2D eigenvalue weighted by Crippen LogP contribution is 1.98. The molecule has 0 saturated carbocycles. The monoisotopic (exact) mass is 149 g/mol. The molecule has 0 bridgehead atoms. The van der Waals surface area contributed by atoms with Gasteiger partial charge in [0, 0.05) is 0 Å². The summed E-state index contributed by atoms with van der Waals surface area (Å²) in [7, 11) is 6.74. The lowest BCUT2D eigenvalue weighted by Crippen LogP contribution is -3.00. The lowest BCUT2D eigenvalue weighted by atomic mass is 10.2. The molecule has 0 radical (unpaired) electrons. The average molecular weight is 149 g/mol. The fourth-order valence-electron chi connectivity index (χ4n) is 0.836. The topological polar surface area (TPSA) is 0 Å². The molecule has 0 aromatic heterocycles. The van der Waals surface area contributed by atoms with Crippen molar-refractivity contribution in [2.75, 3.05) is 27.7 Å². The first-order valence-corrected chi connectivity index (χ1v) is 3.86. The number of unbranched alkanes of at least 4 members (excludes halogenated alkanes) is 2. The van der Waals surface area contributed by atoms with Crippen LogP contribution in [0.3, 0.4) is 0 Å². The molecule has 0 unspecified atom stereocenters. The first-order valence-electron chi connectivity index (χ1n) is 3.86. The van der Waals surface area contributed by atoms with Crippen LogP contribution >= 0.6 is 0 Å². The van der Waals surface area contributed by atoms with Gasteiger partial charge in [-0.25, -0.2) is 0 Å². The van der Waals surface area contributed by atoms with Crippen LogP contribution in [0.25, 0.3) is 0 Å². The van der Waals surface area contributed by atoms with Crippen LogP contribution in [0.2, 0.25) is 0 Å². The Morgan fingerprint density at radius 3 is 1.80 bits per heavy atom. The average Bonchev–Trinajstić information content (AvgIpc) is 1.63. The van der Waals surface area contributed by atoms with Gasteiger partial charge in [-0.15, -0.1) is 0 Å². The molecule has 0 saturated heterocycles. The number of hydrogen-bond acceptors (Lipinski definition) is 0. The molecule has 0 amide bonds. The Morgan fingerprint density at radius 1 is 1.00 bits per heavy atom. The third-order valence-corrected chi connectivity index (χ3v) is 1.43. The third-order valence-electron chi connectivity index (χ3n) is 1.43. The smallest absolute Gasteiger partial charge is 0.0780 e. The SMILES string of the molecule is CCCCC[N+](C)(C)C.[F-]. The molecule has 64 valence electrons. The summed E-state index contributed by atoms with van der Waals surface area (Å²) in [6.45, 7) is 3.56. The molecular formula is C8H20FN. The van der Waals surface area contributed by atoms with Crippen molar-refractivity contribution in [2.45, 2.75) is 26.2 Å². The maximum absolute atomic E-state index is 2.25. The van der Waals surface area contributed by atoms with E-state index in [9.17, 15) is 0 Å². The van der Waals surface area contributed by atoms with Crippen molar-refractivity contribution in [2.24, 2.45) is 0 Å². The van der Waals surface area contributed by atoms with Gasteiger partial charge in [-0.05, 0) is 12.8 Å². The Morgan fingerprint density at radius 2 is 1.50 bits per heavy atom. The van der Waals surface area contributed by atoms with Crippen molar-refractivity contribution in [1.82, 2.24) is 0 Å². The summed E-state index contributed by atoms with van der Waals surface area (Å²) < 4.78 is 1.11. The van der Waals surface area contributed by atoms with Gasteiger partial charge in [-0.3, -0.25) is 0 Å². The molecule has 0 N–H and O–H groups in total. The van der Waals surface area contributed by atoms with Crippen LogP contribution in [0.15, 0.2) is 0 Å². The molecule has 0 atom stereocenters. The van der Waals surface area contributed by atoms with Crippen LogP contribution in [0.5, 0.6) is 0 Å². The van der Waals surface area contributed by atoms with Crippen molar-refractivity contribution in [3.8, 4) is 0 Å². The summed E-state index contributed by atoms with van der Waals surface area (Å²) >= 11 is 0. The molecule has 0 aliphatic rings. The van der Waals surface area contributed by atoms with E-state index in [1.54, 1.807) is 0 Å². The standard InChI is InChI=1S/C8H20N.FH/c1-5-6-7-8-9(2,3)4;/h5-8H2,1-4H3;1H/q+1;/p-1. The second-order valence-electron chi connectivity index (χ2n) is 3.72. The minimum absolute atomic E-state index is 0. The number of quaternary nitrogens is 1. The molecule has 0 fully saturated rings. The zero-order valence-corrected chi connectivity index (χ0v) is 7.65. The summed E-state index contributed by atoms with van der Waals surface area (Å²) in [5.41, 5.74) is 0. The normalized spacial score (nSPS) is 10.8. The Kier molecular flexibility index (Phi) is 7.10. The van der Waals surface area contributed by atoms with Gasteiger partial charge in [-0.1, -0.05) is 13.3 Å². The van der Waals surface area contributed by atoms with Crippen LogP contribution < -0.4 is 4.70 Å². The quantitative estimate of drug-likeness (QED) is 0.351. The zero-order chi connectivity index (χ0) is 7.33. The van der Waals surface area contributed by atoms with E-state index in [1.165, 1.54) is 25.8 Å². The minimum atomic E-state index is 0. The molecule has 0 spiro atoms. The van der Waals surface area contributed by atoms with Crippen LogP contribution in [0.4, 0.5) is 0 Å². The summed E-state index contributed by atoms with van der Waals surface area (Å²) in [5.74, 6) is 0. The van der Waals surface area contributed by atoms with E-state index >= 15 is 0 Å². The lowest BCUT2D eigenvalue weighted by molar-refractivity contribution is -0.870. The molecule has 0 aromatic rings. The second-order valence-corrected chi connectivity index (χ2v) is 3.72. The van der Waals surface area contributed by atoms with Crippen molar-refractivity contribution >= 4 is 0 Å². The van der Waals surface area contributed by atoms with E-state index in [2.05, 4.69) is 28.1 Å². The number of halogens is 1. The van der Waals surface area contributed by atoms with Crippen molar-refractivity contribution in [3.63, 3.8) is 0 Å². The Labute approximate surface area is 64.0 Å². The summed E-state index contributed by atoms with van der Waals surface area (Å²) in [6, 6.07) is 0. The molecular weight excluding hydrogens is 129 g/mol. The maximum Gasteiger partial charge on any atom is 0.0780 e. The van der Waals surface area contributed by atoms with Gasteiger partial charge in [0.1, 0.15) is 0 Å². The summed E-state index contributed by atoms with van der Waals surface area (Å²) in [4.78, 5) is 0. The molecule has 0 aliphatic heterocycles. The van der Waals surface area contributed by atoms with Gasteiger partial charge in [0.2, 0.25) is 0 Å². The van der Waals surface area contributed by atoms with Crippen LogP contribution in [0, 0.1) is 0 Å². The van der Waals surface area contributed by atoms with Crippen LogP contribution in [-0.4, -0.2) is 32.2 Å². The molecule has 10 heavy (non-hydrogen) atoms. The van der Waals surface area contributed by atoms with E-state index < -0.39 is 0 Å². The number of nitrogens with zero attached hydrogens (tertiary/aromatic N) is 1. The highest BCUT2D eigenvalue weighted by molar-refractivity contribution is 4.34. The van der Waals surface area contributed by atoms with Gasteiger partial charge in [0.25, 0.3) is 0 Å². The minimum Gasteiger partial charge on any atom is -1.00 e. The van der Waals surface area contributed by atoms with Crippen LogP contribution in [0.1, 0.15) is 26.2 Å². The van der Waals surface area contributed by atoms with E-state index in [-0.39, 0.29) is 4.70 Å². The highest BCUT2D eigenvalue weighted by atomic mass is 19.0. The zero-order valence-electron chi connectivity index (χ0n) is 7.65. The Bertz CT molecular complexity index is 66.1. The van der Waals surface area contributed by atoms with Gasteiger partial charge in [-0.2, -0.15) is 0 Å². The predicted octanol–water partition coefficient (Wildman–Crippen LogP) is -1.11. The first-order chi connectivity index (χ1) is 4.06. The van der Waals surface area contributed by atoms with Gasteiger partial charge < -0.3 is 9.19 Å². The molecule has 0 rings (SSSR count). The predicted molar refractivity (Wildman–Crippen MR) is 42.4 cm³/mol. The summed E-state index contributed by atoms with van der Waals surface area (Å²) in [6.07, 6.45) is 4.09. The van der Waals surface area contributed by atoms with E-state index in [0.29, 0.717) is 0 Å². The van der Waals surface area contributed by atoms with Gasteiger partial charge in [0.15, 0.2) is 0 Å². The van der Waals surface area contributed by atoms with Crippen molar-refractivity contribution in [1.29, 1.82) is 0 Å². The van der Waals surface area contributed by atoms with Gasteiger partial charge in [0.05, 0.1) is 27.7 Å². The maximum atomic E-state index is 2.25. The summed E-state index contributed by atoms with van der Waals surface area (Å²) in [5, 5.41) is 0. The number of hydrogen-bond donors (Lipinski definition) is 0. The Hall–Kier alpha value is -0.110. The molecule has 0 aromatic carbocycles. The van der Waals surface area contributed by atoms with Gasteiger partial charge >= 0.3 is 0 Å². The second kappa shape index (κ2) is 5.66. The third kappa shape index (κ3) is 10.8. The van der Waals surface area contributed by atoms with E-state index in [1.807, 2.05) is 0 Å².